The van der Waals surface area contributed by atoms with Gasteiger partial charge in [-0.3, -0.25) is 14.2 Å². The number of rotatable bonds is 9. The molecule has 0 saturated heterocycles. The van der Waals surface area contributed by atoms with Crippen molar-refractivity contribution in [2.75, 3.05) is 17.8 Å². The summed E-state index contributed by atoms with van der Waals surface area (Å²) in [6.45, 7) is 0. The Morgan fingerprint density at radius 1 is 1.23 bits per heavy atom. The molecule has 0 amide bonds. The molecule has 0 aliphatic rings. The topological polar surface area (TPSA) is 124 Å². The summed E-state index contributed by atoms with van der Waals surface area (Å²) >= 11 is 5.72. The Kier molecular flexibility index (Phi) is 6.87. The van der Waals surface area contributed by atoms with Crippen LogP contribution in [0.1, 0.15) is 12.8 Å². The number of carboxylic acids is 2. The van der Waals surface area contributed by atoms with Crippen molar-refractivity contribution < 1.29 is 29.3 Å². The monoisotopic (exact) mass is 349 g/mol. The first-order valence-electron chi connectivity index (χ1n) is 6.44. The van der Waals surface area contributed by atoms with E-state index >= 15 is 0 Å². The lowest BCUT2D eigenvalue weighted by Gasteiger charge is -2.17. The van der Waals surface area contributed by atoms with Crippen molar-refractivity contribution in [2.24, 2.45) is 5.92 Å². The van der Waals surface area contributed by atoms with Crippen molar-refractivity contribution in [3.8, 4) is 0 Å². The van der Waals surface area contributed by atoms with Crippen LogP contribution in [0.5, 0.6) is 0 Å². The number of carbonyl (C=O) groups is 2. The molecule has 9 heteroatoms. The van der Waals surface area contributed by atoms with Gasteiger partial charge < -0.3 is 20.4 Å². The smallest absolute Gasteiger partial charge is 0.307 e. The molecule has 2 unspecified atom stereocenters. The van der Waals surface area contributed by atoms with Gasteiger partial charge in [0.15, 0.2) is 0 Å². The van der Waals surface area contributed by atoms with Crippen LogP contribution in [0.2, 0.25) is 5.02 Å². The number of hydrogen-bond donors (Lipinski definition) is 4. The van der Waals surface area contributed by atoms with Gasteiger partial charge in [0.25, 0.3) is 0 Å². The minimum atomic E-state index is -3.76. The Labute approximate surface area is 132 Å². The molecule has 1 aromatic rings. The maximum atomic E-state index is 12.1. The fourth-order valence-electron chi connectivity index (χ4n) is 1.78. The zero-order valence-corrected chi connectivity index (χ0v) is 13.3. The summed E-state index contributed by atoms with van der Waals surface area (Å²) in [7, 11) is -3.76. The van der Waals surface area contributed by atoms with Gasteiger partial charge in [0.1, 0.15) is 0 Å². The predicted octanol–water partition coefficient (Wildman–Crippen LogP) is 2.55. The third kappa shape index (κ3) is 6.93. The van der Waals surface area contributed by atoms with Gasteiger partial charge in [-0.15, -0.1) is 0 Å². The summed E-state index contributed by atoms with van der Waals surface area (Å²) in [5.41, 5.74) is 0.580. The van der Waals surface area contributed by atoms with E-state index in [2.05, 4.69) is 5.32 Å². The normalized spacial score (nSPS) is 14.8. The summed E-state index contributed by atoms with van der Waals surface area (Å²) in [4.78, 5) is 31.4. The number of benzene rings is 1. The van der Waals surface area contributed by atoms with Crippen LogP contribution in [-0.4, -0.2) is 39.5 Å². The Morgan fingerprint density at radius 3 is 2.32 bits per heavy atom. The quantitative estimate of drug-likeness (QED) is 0.505. The summed E-state index contributed by atoms with van der Waals surface area (Å²) < 4.78 is 12.1. The second-order valence-electron chi connectivity index (χ2n) is 4.84. The van der Waals surface area contributed by atoms with Crippen molar-refractivity contribution in [1.29, 1.82) is 0 Å². The first-order valence-corrected chi connectivity index (χ1v) is 8.85. The van der Waals surface area contributed by atoms with E-state index in [1.54, 1.807) is 24.3 Å². The average Bonchev–Trinajstić information content (AvgIpc) is 2.42. The summed E-state index contributed by atoms with van der Waals surface area (Å²) in [5.74, 6) is -3.58. The van der Waals surface area contributed by atoms with E-state index in [1.807, 2.05) is 0 Å². The van der Waals surface area contributed by atoms with Crippen LogP contribution in [0.3, 0.4) is 0 Å². The standard InChI is InChI=1S/C13H17ClNO6P/c14-10-2-4-11(5-3-10)15-8-22(20,21)7-9(13(18)19)1-6-12(16)17/h2-5,9,15H,1,6-8H2,(H,16,17)(H,18,19)(H,20,21). The van der Waals surface area contributed by atoms with E-state index < -0.39 is 31.4 Å². The molecule has 0 heterocycles. The zero-order chi connectivity index (χ0) is 16.8. The fourth-order valence-corrected chi connectivity index (χ4v) is 3.49. The van der Waals surface area contributed by atoms with Gasteiger partial charge in [0, 0.05) is 23.3 Å². The van der Waals surface area contributed by atoms with Crippen LogP contribution in [0.25, 0.3) is 0 Å². The molecular weight excluding hydrogens is 333 g/mol. The lowest BCUT2D eigenvalue weighted by molar-refractivity contribution is -0.142. The fraction of sp³-hybridized carbons (Fsp3) is 0.385. The molecule has 0 aliphatic heterocycles. The number of carboxylic acid groups (broad SMARTS) is 2. The molecule has 7 nitrogen and oxygen atoms in total. The predicted molar refractivity (Wildman–Crippen MR) is 82.6 cm³/mol. The van der Waals surface area contributed by atoms with Crippen molar-refractivity contribution in [3.63, 3.8) is 0 Å². The molecule has 1 aromatic carbocycles. The van der Waals surface area contributed by atoms with Crippen LogP contribution >= 0.6 is 19.0 Å². The average molecular weight is 350 g/mol. The van der Waals surface area contributed by atoms with Crippen molar-refractivity contribution in [2.45, 2.75) is 12.8 Å². The zero-order valence-electron chi connectivity index (χ0n) is 11.6. The molecule has 4 N–H and O–H groups in total. The summed E-state index contributed by atoms with van der Waals surface area (Å²) in [6.07, 6.45) is -1.32. The molecular formula is C13H17ClNO6P. The van der Waals surface area contributed by atoms with Crippen molar-refractivity contribution in [3.05, 3.63) is 29.3 Å². The van der Waals surface area contributed by atoms with Gasteiger partial charge in [-0.1, -0.05) is 11.6 Å². The molecule has 122 valence electrons. The Balaban J connectivity index is 2.59. The third-order valence-electron chi connectivity index (χ3n) is 2.94. The van der Waals surface area contributed by atoms with Crippen LogP contribution in [0.15, 0.2) is 24.3 Å². The lowest BCUT2D eigenvalue weighted by atomic mass is 10.1. The molecule has 22 heavy (non-hydrogen) atoms. The maximum absolute atomic E-state index is 12.1. The molecule has 0 aliphatic carbocycles. The molecule has 1 rings (SSSR count). The Bertz CT molecular complexity index is 576. The Morgan fingerprint density at radius 2 is 1.82 bits per heavy atom. The van der Waals surface area contributed by atoms with Crippen LogP contribution in [0, 0.1) is 5.92 Å². The molecule has 0 saturated carbocycles. The van der Waals surface area contributed by atoms with Crippen molar-refractivity contribution >= 4 is 36.6 Å². The number of aliphatic carboxylic acids is 2. The summed E-state index contributed by atoms with van der Waals surface area (Å²) in [6, 6.07) is 6.47. The number of nitrogens with one attached hydrogen (secondary N) is 1. The van der Waals surface area contributed by atoms with E-state index in [9.17, 15) is 19.0 Å². The largest absolute Gasteiger partial charge is 0.481 e. The number of hydrogen-bond acceptors (Lipinski definition) is 4. The second kappa shape index (κ2) is 8.17. The van der Waals surface area contributed by atoms with Gasteiger partial charge in [-0.05, 0) is 30.7 Å². The van der Waals surface area contributed by atoms with Gasteiger partial charge in [-0.2, -0.15) is 0 Å². The van der Waals surface area contributed by atoms with Crippen LogP contribution in [0.4, 0.5) is 5.69 Å². The highest BCUT2D eigenvalue weighted by Gasteiger charge is 2.29. The molecule has 0 aromatic heterocycles. The number of halogens is 1. The van der Waals surface area contributed by atoms with Crippen LogP contribution < -0.4 is 5.32 Å². The van der Waals surface area contributed by atoms with Crippen LogP contribution in [-0.2, 0) is 14.2 Å². The second-order valence-corrected chi connectivity index (χ2v) is 7.65. The molecule has 2 atom stereocenters. The minimum Gasteiger partial charge on any atom is -0.481 e. The third-order valence-corrected chi connectivity index (χ3v) is 4.85. The van der Waals surface area contributed by atoms with E-state index in [1.165, 1.54) is 0 Å². The molecule has 0 bridgehead atoms. The van der Waals surface area contributed by atoms with Gasteiger partial charge in [-0.25, -0.2) is 0 Å². The van der Waals surface area contributed by atoms with E-state index in [0.29, 0.717) is 10.7 Å². The first kappa shape index (κ1) is 18.5. The highest BCUT2D eigenvalue weighted by atomic mass is 35.5. The highest BCUT2D eigenvalue weighted by molar-refractivity contribution is 7.58. The maximum Gasteiger partial charge on any atom is 0.307 e. The van der Waals surface area contributed by atoms with Gasteiger partial charge >= 0.3 is 11.9 Å². The molecule has 0 fully saturated rings. The van der Waals surface area contributed by atoms with Gasteiger partial charge in [0.05, 0.1) is 12.2 Å². The van der Waals surface area contributed by atoms with Crippen molar-refractivity contribution in [1.82, 2.24) is 0 Å². The number of anilines is 1. The van der Waals surface area contributed by atoms with E-state index in [-0.39, 0.29) is 19.1 Å². The highest BCUT2D eigenvalue weighted by Crippen LogP contribution is 2.43. The minimum absolute atomic E-state index is 0.184. The van der Waals surface area contributed by atoms with Gasteiger partial charge in [0.2, 0.25) is 7.37 Å². The lowest BCUT2D eigenvalue weighted by Crippen LogP contribution is -2.21. The molecule has 0 spiro atoms. The van der Waals surface area contributed by atoms with E-state index in [4.69, 9.17) is 21.8 Å². The van der Waals surface area contributed by atoms with E-state index in [0.717, 1.165) is 0 Å². The molecule has 0 radical (unpaired) electrons. The SMILES string of the molecule is O=C(O)CCC(CP(=O)(O)CNc1ccc(Cl)cc1)C(=O)O. The summed E-state index contributed by atoms with van der Waals surface area (Å²) in [5, 5.41) is 20.8. The first-order chi connectivity index (χ1) is 10.2. The Hall–Kier alpha value is -1.56.